The predicted octanol–water partition coefficient (Wildman–Crippen LogP) is 3.09. The number of methoxy groups -OCH3 is 1. The molecule has 0 bridgehead atoms. The predicted molar refractivity (Wildman–Crippen MR) is 114 cm³/mol. The van der Waals surface area contributed by atoms with Crippen LogP contribution in [0.2, 0.25) is 0 Å². The van der Waals surface area contributed by atoms with Gasteiger partial charge in [-0.05, 0) is 42.8 Å². The number of hydrogen-bond donors (Lipinski definition) is 2. The Balaban J connectivity index is 1.90. The normalized spacial score (nSPS) is 11.1. The maximum Gasteiger partial charge on any atom is 0.255 e. The van der Waals surface area contributed by atoms with Gasteiger partial charge in [0, 0.05) is 13.6 Å². The van der Waals surface area contributed by atoms with Crippen molar-refractivity contribution < 1.29 is 18.7 Å². The van der Waals surface area contributed by atoms with Crippen molar-refractivity contribution in [2.45, 2.75) is 6.92 Å². The first kappa shape index (κ1) is 21.0. The Kier molecular flexibility index (Phi) is 6.46. The molecule has 3 aromatic rings. The third kappa shape index (κ3) is 4.48. The molecule has 3 rings (SSSR count). The van der Waals surface area contributed by atoms with E-state index in [4.69, 9.17) is 4.74 Å². The van der Waals surface area contributed by atoms with Crippen LogP contribution in [0.1, 0.15) is 28.5 Å². The summed E-state index contributed by atoms with van der Waals surface area (Å²) in [6.07, 6.45) is 3.55. The Hall–Kier alpha value is -3.68. The largest absolute Gasteiger partial charge is 0.495 e. The Morgan fingerprint density at radius 1 is 1.20 bits per heavy atom. The van der Waals surface area contributed by atoms with Crippen molar-refractivity contribution in [1.29, 1.82) is 0 Å². The van der Waals surface area contributed by atoms with Crippen LogP contribution in [0.15, 0.2) is 36.4 Å². The molecule has 1 heterocycles. The van der Waals surface area contributed by atoms with E-state index in [9.17, 15) is 14.0 Å². The Morgan fingerprint density at radius 2 is 1.93 bits per heavy atom. The van der Waals surface area contributed by atoms with Crippen LogP contribution in [-0.2, 0) is 4.79 Å². The summed E-state index contributed by atoms with van der Waals surface area (Å²) in [5.74, 6) is -0.550. The molecular formula is C22H23FN4O3. The lowest BCUT2D eigenvalue weighted by Crippen LogP contribution is -2.38. The van der Waals surface area contributed by atoms with E-state index in [0.717, 1.165) is 5.56 Å². The van der Waals surface area contributed by atoms with Crippen LogP contribution < -0.4 is 10.1 Å². The lowest BCUT2D eigenvalue weighted by Gasteiger charge is -2.15. The number of likely N-dealkylation sites (N-methyl/N-ethyl adjacent to an activating group) is 1. The summed E-state index contributed by atoms with van der Waals surface area (Å²) < 4.78 is 18.6. The third-order valence-corrected chi connectivity index (χ3v) is 4.76. The van der Waals surface area contributed by atoms with Crippen LogP contribution in [-0.4, -0.2) is 54.2 Å². The van der Waals surface area contributed by atoms with E-state index in [2.05, 4.69) is 15.5 Å². The third-order valence-electron chi connectivity index (χ3n) is 4.76. The number of aromatic nitrogens is 2. The zero-order valence-corrected chi connectivity index (χ0v) is 17.0. The molecule has 0 spiro atoms. The summed E-state index contributed by atoms with van der Waals surface area (Å²) in [5, 5.41) is 10.5. The van der Waals surface area contributed by atoms with Gasteiger partial charge < -0.3 is 15.0 Å². The molecule has 0 aliphatic carbocycles. The second-order valence-corrected chi connectivity index (χ2v) is 6.65. The minimum atomic E-state index is -0.415. The lowest BCUT2D eigenvalue weighted by atomic mass is 10.1. The zero-order chi connectivity index (χ0) is 21.7. The van der Waals surface area contributed by atoms with Crippen LogP contribution in [0.4, 0.5) is 4.39 Å². The number of halogens is 1. The molecule has 0 aliphatic rings. The fraction of sp³-hybridized carbons (Fsp3) is 0.227. The van der Waals surface area contributed by atoms with E-state index in [1.165, 1.54) is 24.1 Å². The van der Waals surface area contributed by atoms with Crippen molar-refractivity contribution in [1.82, 2.24) is 20.4 Å². The van der Waals surface area contributed by atoms with Crippen molar-refractivity contribution in [2.75, 3.05) is 27.2 Å². The molecule has 2 N–H and O–H groups in total. The quantitative estimate of drug-likeness (QED) is 0.627. The number of H-pyrrole nitrogens is 1. The molecule has 0 fully saturated rings. The SMILES string of the molecule is CCN(C)C(=O)CNC(=O)c1ccc2[nH]nc(/C=C/c3ccc(F)cc3)c2c1OC. The van der Waals surface area contributed by atoms with Gasteiger partial charge in [0.25, 0.3) is 5.91 Å². The molecule has 0 atom stereocenters. The molecule has 8 heteroatoms. The van der Waals surface area contributed by atoms with Gasteiger partial charge in [0.2, 0.25) is 5.91 Å². The molecule has 7 nitrogen and oxygen atoms in total. The second kappa shape index (κ2) is 9.21. The molecular weight excluding hydrogens is 387 g/mol. The molecule has 30 heavy (non-hydrogen) atoms. The molecule has 0 saturated carbocycles. The van der Waals surface area contributed by atoms with Crippen LogP contribution in [0, 0.1) is 5.82 Å². The number of carbonyl (C=O) groups excluding carboxylic acids is 2. The number of nitrogens with zero attached hydrogens (tertiary/aromatic N) is 2. The fourth-order valence-electron chi connectivity index (χ4n) is 2.93. The molecule has 1 aromatic heterocycles. The highest BCUT2D eigenvalue weighted by Crippen LogP contribution is 2.32. The maximum absolute atomic E-state index is 13.1. The molecule has 156 valence electrons. The number of fused-ring (bicyclic) bond motifs is 1. The van der Waals surface area contributed by atoms with Gasteiger partial charge in [0.15, 0.2) is 0 Å². The number of aromatic amines is 1. The summed E-state index contributed by atoms with van der Waals surface area (Å²) in [5.41, 5.74) is 2.38. The number of benzene rings is 2. The highest BCUT2D eigenvalue weighted by molar-refractivity contribution is 6.06. The van der Waals surface area contributed by atoms with E-state index < -0.39 is 5.91 Å². The fourth-order valence-corrected chi connectivity index (χ4v) is 2.93. The van der Waals surface area contributed by atoms with Crippen molar-refractivity contribution >= 4 is 34.9 Å². The van der Waals surface area contributed by atoms with Crippen LogP contribution in [0.5, 0.6) is 5.75 Å². The first-order valence-electron chi connectivity index (χ1n) is 9.45. The van der Waals surface area contributed by atoms with Gasteiger partial charge in [0.1, 0.15) is 11.6 Å². The Bertz CT molecular complexity index is 1090. The monoisotopic (exact) mass is 410 g/mol. The first-order chi connectivity index (χ1) is 14.4. The van der Waals surface area contributed by atoms with Gasteiger partial charge in [-0.2, -0.15) is 5.10 Å². The first-order valence-corrected chi connectivity index (χ1v) is 9.45. The molecule has 0 saturated heterocycles. The van der Waals surface area contributed by atoms with Crippen molar-refractivity contribution in [2.24, 2.45) is 0 Å². The molecule has 2 aromatic carbocycles. The van der Waals surface area contributed by atoms with Crippen LogP contribution in [0.3, 0.4) is 0 Å². The van der Waals surface area contributed by atoms with E-state index in [1.807, 2.05) is 6.92 Å². The van der Waals surface area contributed by atoms with Crippen molar-refractivity contribution in [3.8, 4) is 5.75 Å². The average molecular weight is 410 g/mol. The van der Waals surface area contributed by atoms with E-state index in [0.29, 0.717) is 34.5 Å². The van der Waals surface area contributed by atoms with Gasteiger partial charge in [-0.1, -0.05) is 18.2 Å². The topological polar surface area (TPSA) is 87.3 Å². The number of hydrogen-bond acceptors (Lipinski definition) is 4. The number of amides is 2. The second-order valence-electron chi connectivity index (χ2n) is 6.65. The van der Waals surface area contributed by atoms with Crippen LogP contribution in [0.25, 0.3) is 23.1 Å². The molecule has 0 radical (unpaired) electrons. The summed E-state index contributed by atoms with van der Waals surface area (Å²) in [6.45, 7) is 2.31. The van der Waals surface area contributed by atoms with Gasteiger partial charge >= 0.3 is 0 Å². The van der Waals surface area contributed by atoms with Crippen molar-refractivity contribution in [3.63, 3.8) is 0 Å². The standard InChI is InChI=1S/C22H23FN4O3/c1-4-27(2)19(28)13-24-22(29)16-10-12-18-20(21(16)30-3)17(25-26-18)11-7-14-5-8-15(23)9-6-14/h5-12H,4,13H2,1-3H3,(H,24,29)(H,25,26)/b11-7+. The number of rotatable bonds is 7. The summed E-state index contributed by atoms with van der Waals surface area (Å²) in [6, 6.07) is 9.42. The Labute approximate surface area is 173 Å². The maximum atomic E-state index is 13.1. The van der Waals surface area contributed by atoms with Gasteiger partial charge in [0.05, 0.1) is 35.8 Å². The number of nitrogens with one attached hydrogen (secondary N) is 2. The van der Waals surface area contributed by atoms with Crippen LogP contribution >= 0.6 is 0 Å². The van der Waals surface area contributed by atoms with E-state index in [1.54, 1.807) is 43.5 Å². The summed E-state index contributed by atoms with van der Waals surface area (Å²) in [4.78, 5) is 26.2. The number of carbonyl (C=O) groups is 2. The number of ether oxygens (including phenoxy) is 1. The minimum absolute atomic E-state index is 0.104. The highest BCUT2D eigenvalue weighted by atomic mass is 19.1. The smallest absolute Gasteiger partial charge is 0.255 e. The molecule has 2 amide bonds. The zero-order valence-electron chi connectivity index (χ0n) is 17.0. The molecule has 0 unspecified atom stereocenters. The summed E-state index contributed by atoms with van der Waals surface area (Å²) >= 11 is 0. The highest BCUT2D eigenvalue weighted by Gasteiger charge is 2.19. The molecule has 0 aliphatic heterocycles. The minimum Gasteiger partial charge on any atom is -0.495 e. The lowest BCUT2D eigenvalue weighted by molar-refractivity contribution is -0.128. The van der Waals surface area contributed by atoms with Gasteiger partial charge in [-0.15, -0.1) is 0 Å². The van der Waals surface area contributed by atoms with Gasteiger partial charge in [-0.3, -0.25) is 14.7 Å². The average Bonchev–Trinajstić information content (AvgIpc) is 3.18. The Morgan fingerprint density at radius 3 is 2.60 bits per heavy atom. The van der Waals surface area contributed by atoms with E-state index in [-0.39, 0.29) is 18.3 Å². The van der Waals surface area contributed by atoms with Gasteiger partial charge in [-0.25, -0.2) is 4.39 Å². The van der Waals surface area contributed by atoms with E-state index >= 15 is 0 Å². The summed E-state index contributed by atoms with van der Waals surface area (Å²) in [7, 11) is 3.15. The van der Waals surface area contributed by atoms with Crippen molar-refractivity contribution in [3.05, 3.63) is 59.0 Å².